The van der Waals surface area contributed by atoms with Gasteiger partial charge in [0.25, 0.3) is 0 Å². The van der Waals surface area contributed by atoms with Gasteiger partial charge < -0.3 is 5.32 Å². The van der Waals surface area contributed by atoms with E-state index in [1.54, 1.807) is 11.3 Å². The Hall–Kier alpha value is -2.20. The van der Waals surface area contributed by atoms with E-state index in [4.69, 9.17) is 0 Å². The van der Waals surface area contributed by atoms with Crippen molar-refractivity contribution in [3.63, 3.8) is 0 Å². The van der Waals surface area contributed by atoms with Crippen LogP contribution >= 0.6 is 11.3 Å². The van der Waals surface area contributed by atoms with Crippen LogP contribution in [-0.2, 0) is 4.79 Å². The maximum atomic E-state index is 11.0. The quantitative estimate of drug-likeness (QED) is 0.764. The van der Waals surface area contributed by atoms with E-state index in [1.165, 1.54) is 17.2 Å². The Balaban J connectivity index is 1.96. The van der Waals surface area contributed by atoms with E-state index in [9.17, 15) is 4.79 Å². The van der Waals surface area contributed by atoms with Crippen molar-refractivity contribution in [1.82, 2.24) is 4.98 Å². The van der Waals surface area contributed by atoms with Crippen LogP contribution in [0.4, 0.5) is 5.69 Å². The van der Waals surface area contributed by atoms with E-state index in [0.717, 1.165) is 21.8 Å². The monoisotopic (exact) mass is 282 g/mol. The lowest BCUT2D eigenvalue weighted by atomic mass is 10.2. The van der Waals surface area contributed by atoms with Crippen molar-refractivity contribution >= 4 is 33.1 Å². The third kappa shape index (κ3) is 2.56. The van der Waals surface area contributed by atoms with Crippen molar-refractivity contribution in [2.45, 2.75) is 13.8 Å². The average molecular weight is 282 g/mol. The highest BCUT2D eigenvalue weighted by Crippen LogP contribution is 2.31. The van der Waals surface area contributed by atoms with Crippen LogP contribution in [0.1, 0.15) is 12.5 Å². The van der Waals surface area contributed by atoms with E-state index in [0.29, 0.717) is 0 Å². The molecule has 100 valence electrons. The molecule has 0 spiro atoms. The summed E-state index contributed by atoms with van der Waals surface area (Å²) in [4.78, 5) is 15.6. The van der Waals surface area contributed by atoms with Gasteiger partial charge in [0.1, 0.15) is 5.01 Å². The van der Waals surface area contributed by atoms with Crippen molar-refractivity contribution in [2.75, 3.05) is 5.32 Å². The lowest BCUT2D eigenvalue weighted by Crippen LogP contribution is -2.05. The number of aromatic nitrogens is 1. The molecule has 3 nitrogen and oxygen atoms in total. The number of nitrogens with zero attached hydrogens (tertiary/aromatic N) is 1. The minimum atomic E-state index is -0.0618. The first-order valence-corrected chi connectivity index (χ1v) is 7.19. The van der Waals surface area contributed by atoms with E-state index in [-0.39, 0.29) is 5.91 Å². The first-order chi connectivity index (χ1) is 9.61. The summed E-state index contributed by atoms with van der Waals surface area (Å²) < 4.78 is 1.20. The molecule has 0 aliphatic carbocycles. The molecule has 20 heavy (non-hydrogen) atoms. The summed E-state index contributed by atoms with van der Waals surface area (Å²) in [6.07, 6.45) is 0. The summed E-state index contributed by atoms with van der Waals surface area (Å²) in [5.41, 5.74) is 4.14. The van der Waals surface area contributed by atoms with Gasteiger partial charge in [-0.15, -0.1) is 11.3 Å². The fourth-order valence-electron chi connectivity index (χ4n) is 2.05. The van der Waals surface area contributed by atoms with Crippen molar-refractivity contribution in [2.24, 2.45) is 0 Å². The van der Waals surface area contributed by atoms with Gasteiger partial charge in [-0.1, -0.05) is 6.07 Å². The highest BCUT2D eigenvalue weighted by atomic mass is 32.1. The Labute approximate surface area is 121 Å². The molecule has 0 atom stereocenters. The fourth-order valence-corrected chi connectivity index (χ4v) is 3.12. The average Bonchev–Trinajstić information content (AvgIpc) is 2.81. The van der Waals surface area contributed by atoms with Crippen LogP contribution in [0.15, 0.2) is 42.5 Å². The number of amides is 1. The zero-order valence-corrected chi connectivity index (χ0v) is 12.1. The van der Waals surface area contributed by atoms with Crippen LogP contribution in [0.2, 0.25) is 0 Å². The molecule has 0 saturated heterocycles. The molecule has 1 aromatic heterocycles. The summed E-state index contributed by atoms with van der Waals surface area (Å²) in [5.74, 6) is -0.0618. The Bertz CT molecular complexity index is 775. The summed E-state index contributed by atoms with van der Waals surface area (Å²) in [6, 6.07) is 14.0. The van der Waals surface area contributed by atoms with Crippen LogP contribution in [0.3, 0.4) is 0 Å². The highest BCUT2D eigenvalue weighted by Gasteiger charge is 2.06. The van der Waals surface area contributed by atoms with E-state index in [2.05, 4.69) is 35.4 Å². The SMILES string of the molecule is CC(=O)Nc1ccc(-c2nc3ccc(C)cc3s2)cc1. The number of nitrogens with one attached hydrogen (secondary N) is 1. The zero-order chi connectivity index (χ0) is 14.1. The predicted molar refractivity (Wildman–Crippen MR) is 84.1 cm³/mol. The lowest BCUT2D eigenvalue weighted by molar-refractivity contribution is -0.114. The van der Waals surface area contributed by atoms with Crippen molar-refractivity contribution in [1.29, 1.82) is 0 Å². The molecule has 0 saturated carbocycles. The van der Waals surface area contributed by atoms with Crippen LogP contribution in [-0.4, -0.2) is 10.9 Å². The second kappa shape index (κ2) is 5.06. The lowest BCUT2D eigenvalue weighted by Gasteiger charge is -2.02. The number of hydrogen-bond acceptors (Lipinski definition) is 3. The molecule has 0 fully saturated rings. The van der Waals surface area contributed by atoms with E-state index < -0.39 is 0 Å². The molecule has 0 unspecified atom stereocenters. The number of anilines is 1. The maximum absolute atomic E-state index is 11.0. The van der Waals surface area contributed by atoms with Gasteiger partial charge in [-0.3, -0.25) is 4.79 Å². The number of carbonyl (C=O) groups excluding carboxylic acids is 1. The first kappa shape index (κ1) is 12.8. The van der Waals surface area contributed by atoms with Gasteiger partial charge in [0.05, 0.1) is 10.2 Å². The van der Waals surface area contributed by atoms with Gasteiger partial charge in [0.2, 0.25) is 5.91 Å². The molecule has 3 rings (SSSR count). The molecule has 0 aliphatic rings. The number of aryl methyl sites for hydroxylation is 1. The number of carbonyl (C=O) groups is 1. The molecule has 3 aromatic rings. The van der Waals surface area contributed by atoms with Crippen LogP contribution in [0.5, 0.6) is 0 Å². The number of rotatable bonds is 2. The van der Waals surface area contributed by atoms with Crippen LogP contribution < -0.4 is 5.32 Å². The maximum Gasteiger partial charge on any atom is 0.221 e. The standard InChI is InChI=1S/C16H14N2OS/c1-10-3-8-14-15(9-10)20-16(18-14)12-4-6-13(7-5-12)17-11(2)19/h3-9H,1-2H3,(H,17,19). The Morgan fingerprint density at radius 3 is 2.60 bits per heavy atom. The highest BCUT2D eigenvalue weighted by molar-refractivity contribution is 7.21. The third-order valence-electron chi connectivity index (χ3n) is 3.00. The second-order valence-corrected chi connectivity index (χ2v) is 5.78. The molecule has 4 heteroatoms. The van der Waals surface area contributed by atoms with E-state index in [1.807, 2.05) is 24.3 Å². The molecule has 1 heterocycles. The molecule has 0 aliphatic heterocycles. The van der Waals surface area contributed by atoms with Gasteiger partial charge in [-0.2, -0.15) is 0 Å². The Morgan fingerprint density at radius 2 is 1.90 bits per heavy atom. The van der Waals surface area contributed by atoms with Crippen LogP contribution in [0.25, 0.3) is 20.8 Å². The Morgan fingerprint density at radius 1 is 1.15 bits per heavy atom. The number of thiazole rings is 1. The van der Waals surface area contributed by atoms with Gasteiger partial charge in [0, 0.05) is 18.2 Å². The number of benzene rings is 2. The van der Waals surface area contributed by atoms with Gasteiger partial charge in [-0.05, 0) is 48.9 Å². The number of hydrogen-bond donors (Lipinski definition) is 1. The van der Waals surface area contributed by atoms with Crippen molar-refractivity contribution in [3.8, 4) is 10.6 Å². The largest absolute Gasteiger partial charge is 0.326 e. The zero-order valence-electron chi connectivity index (χ0n) is 11.3. The minimum absolute atomic E-state index is 0.0618. The fraction of sp³-hybridized carbons (Fsp3) is 0.125. The van der Waals surface area contributed by atoms with Gasteiger partial charge in [0.15, 0.2) is 0 Å². The summed E-state index contributed by atoms with van der Waals surface area (Å²) in [6.45, 7) is 3.59. The minimum Gasteiger partial charge on any atom is -0.326 e. The van der Waals surface area contributed by atoms with Crippen LogP contribution in [0, 0.1) is 6.92 Å². The molecule has 1 amide bonds. The Kier molecular flexibility index (Phi) is 3.24. The summed E-state index contributed by atoms with van der Waals surface area (Å²) >= 11 is 1.69. The molecule has 1 N–H and O–H groups in total. The molecule has 2 aromatic carbocycles. The normalized spacial score (nSPS) is 10.7. The molecular weight excluding hydrogens is 268 g/mol. The first-order valence-electron chi connectivity index (χ1n) is 6.37. The number of fused-ring (bicyclic) bond motifs is 1. The molecular formula is C16H14N2OS. The smallest absolute Gasteiger partial charge is 0.221 e. The van der Waals surface area contributed by atoms with Crippen molar-refractivity contribution < 1.29 is 4.79 Å². The second-order valence-electron chi connectivity index (χ2n) is 4.75. The van der Waals surface area contributed by atoms with Gasteiger partial charge >= 0.3 is 0 Å². The summed E-state index contributed by atoms with van der Waals surface area (Å²) in [7, 11) is 0. The molecule has 0 bridgehead atoms. The third-order valence-corrected chi connectivity index (χ3v) is 4.06. The van der Waals surface area contributed by atoms with Gasteiger partial charge in [-0.25, -0.2) is 4.98 Å². The predicted octanol–water partition coefficient (Wildman–Crippen LogP) is 4.23. The van der Waals surface area contributed by atoms with E-state index >= 15 is 0 Å². The molecule has 0 radical (unpaired) electrons. The van der Waals surface area contributed by atoms with Crippen molar-refractivity contribution in [3.05, 3.63) is 48.0 Å². The topological polar surface area (TPSA) is 42.0 Å². The summed E-state index contributed by atoms with van der Waals surface area (Å²) in [5, 5.41) is 3.76.